The Balaban J connectivity index is 2.15. The first kappa shape index (κ1) is 21.9. The monoisotopic (exact) mass is 432 g/mol. The van der Waals surface area contributed by atoms with Gasteiger partial charge in [0.25, 0.3) is 0 Å². The molecule has 2 heterocycles. The SMILES string of the molecule is CC(C)c1nc(CN(C)C)n(Cc2ccncc2)c1S(=O)(=O)Oc1cccc(F)c1. The van der Waals surface area contributed by atoms with Crippen LogP contribution in [0.3, 0.4) is 0 Å². The molecule has 0 saturated carbocycles. The molecule has 0 unspecified atom stereocenters. The minimum Gasteiger partial charge on any atom is -0.378 e. The van der Waals surface area contributed by atoms with Crippen molar-refractivity contribution in [1.29, 1.82) is 0 Å². The second-order valence-electron chi connectivity index (χ2n) is 7.55. The number of hydrogen-bond acceptors (Lipinski definition) is 6. The molecule has 0 saturated heterocycles. The highest BCUT2D eigenvalue weighted by Gasteiger charge is 2.31. The second kappa shape index (κ2) is 8.93. The largest absolute Gasteiger partial charge is 0.378 e. The Morgan fingerprint density at radius 1 is 1.17 bits per heavy atom. The standard InChI is InChI=1S/C21H25FN4O3S/c1-15(2)20-21(30(27,28)29-18-7-5-6-17(22)12-18)26(19(24-20)14-25(3)4)13-16-8-10-23-11-9-16/h5-12,15H,13-14H2,1-4H3. The van der Waals surface area contributed by atoms with Crippen LogP contribution in [0.25, 0.3) is 0 Å². The van der Waals surface area contributed by atoms with Gasteiger partial charge in [-0.25, -0.2) is 9.37 Å². The molecule has 2 aromatic heterocycles. The average Bonchev–Trinajstić information content (AvgIpc) is 3.01. The molecule has 1 aromatic carbocycles. The maximum atomic E-state index is 13.6. The van der Waals surface area contributed by atoms with Gasteiger partial charge in [-0.1, -0.05) is 19.9 Å². The van der Waals surface area contributed by atoms with E-state index in [2.05, 4.69) is 9.97 Å². The molecule has 0 aliphatic heterocycles. The molecule has 0 aliphatic carbocycles. The summed E-state index contributed by atoms with van der Waals surface area (Å²) >= 11 is 0. The molecule has 0 radical (unpaired) electrons. The van der Waals surface area contributed by atoms with Crippen molar-refractivity contribution in [2.45, 2.75) is 37.9 Å². The molecular weight excluding hydrogens is 407 g/mol. The fourth-order valence-corrected chi connectivity index (χ4v) is 4.48. The maximum Gasteiger partial charge on any atom is 0.357 e. The van der Waals surface area contributed by atoms with E-state index in [-0.39, 0.29) is 23.2 Å². The van der Waals surface area contributed by atoms with Gasteiger partial charge in [-0.3, -0.25) is 4.98 Å². The van der Waals surface area contributed by atoms with Crippen LogP contribution >= 0.6 is 0 Å². The van der Waals surface area contributed by atoms with Crippen molar-refractivity contribution in [3.63, 3.8) is 0 Å². The third-order valence-corrected chi connectivity index (χ3v) is 5.67. The molecule has 3 aromatic rings. The molecule has 160 valence electrons. The smallest absolute Gasteiger partial charge is 0.357 e. The van der Waals surface area contributed by atoms with Crippen LogP contribution in [0.1, 0.15) is 36.8 Å². The van der Waals surface area contributed by atoms with Gasteiger partial charge < -0.3 is 13.7 Å². The lowest BCUT2D eigenvalue weighted by Crippen LogP contribution is -2.21. The number of hydrogen-bond donors (Lipinski definition) is 0. The van der Waals surface area contributed by atoms with Crippen molar-refractivity contribution in [2.75, 3.05) is 14.1 Å². The first-order chi connectivity index (χ1) is 14.2. The zero-order chi connectivity index (χ0) is 21.9. The van der Waals surface area contributed by atoms with Crippen molar-refractivity contribution in [1.82, 2.24) is 19.4 Å². The van der Waals surface area contributed by atoms with Crippen LogP contribution < -0.4 is 4.18 Å². The molecule has 0 N–H and O–H groups in total. The minimum absolute atomic E-state index is 0.0181. The zero-order valence-corrected chi connectivity index (χ0v) is 18.2. The fraction of sp³-hybridized carbons (Fsp3) is 0.333. The fourth-order valence-electron chi connectivity index (χ4n) is 3.06. The summed E-state index contributed by atoms with van der Waals surface area (Å²) in [4.78, 5) is 10.6. The number of rotatable bonds is 8. The van der Waals surface area contributed by atoms with E-state index in [4.69, 9.17) is 4.18 Å². The van der Waals surface area contributed by atoms with Gasteiger partial charge in [-0.15, -0.1) is 0 Å². The van der Waals surface area contributed by atoms with Gasteiger partial charge in [0.1, 0.15) is 17.4 Å². The Morgan fingerprint density at radius 3 is 2.47 bits per heavy atom. The summed E-state index contributed by atoms with van der Waals surface area (Å²) in [5.74, 6) is -0.228. The van der Waals surface area contributed by atoms with E-state index in [1.807, 2.05) is 45.0 Å². The van der Waals surface area contributed by atoms with Gasteiger partial charge >= 0.3 is 10.1 Å². The van der Waals surface area contributed by atoms with Crippen molar-refractivity contribution < 1.29 is 17.0 Å². The molecule has 9 heteroatoms. The van der Waals surface area contributed by atoms with E-state index in [0.717, 1.165) is 11.6 Å². The average molecular weight is 433 g/mol. The number of pyridine rings is 1. The summed E-state index contributed by atoms with van der Waals surface area (Å²) in [7, 11) is -0.498. The molecule has 0 spiro atoms. The van der Waals surface area contributed by atoms with E-state index in [0.29, 0.717) is 18.1 Å². The quantitative estimate of drug-likeness (QED) is 0.508. The van der Waals surface area contributed by atoms with Gasteiger partial charge in [0.2, 0.25) is 0 Å². The lowest BCUT2D eigenvalue weighted by Gasteiger charge is -2.16. The third-order valence-electron chi connectivity index (χ3n) is 4.36. The molecule has 0 bridgehead atoms. The number of halogens is 1. The van der Waals surface area contributed by atoms with Gasteiger partial charge in [0.15, 0.2) is 5.03 Å². The van der Waals surface area contributed by atoms with Crippen LogP contribution in [-0.2, 0) is 23.2 Å². The summed E-state index contributed by atoms with van der Waals surface area (Å²) < 4.78 is 47.2. The summed E-state index contributed by atoms with van der Waals surface area (Å²) in [6.07, 6.45) is 3.30. The molecule has 0 fully saturated rings. The summed E-state index contributed by atoms with van der Waals surface area (Å²) in [5, 5.41) is -0.0181. The molecule has 0 amide bonds. The van der Waals surface area contributed by atoms with Crippen LogP contribution in [0.5, 0.6) is 5.75 Å². The van der Waals surface area contributed by atoms with E-state index in [9.17, 15) is 12.8 Å². The van der Waals surface area contributed by atoms with Crippen LogP contribution in [0.4, 0.5) is 4.39 Å². The number of aromatic nitrogens is 3. The number of imidazole rings is 1. The Hall–Kier alpha value is -2.78. The highest BCUT2D eigenvalue weighted by molar-refractivity contribution is 7.87. The Kier molecular flexibility index (Phi) is 6.52. The van der Waals surface area contributed by atoms with E-state index in [1.165, 1.54) is 18.2 Å². The number of nitrogens with zero attached hydrogens (tertiary/aromatic N) is 4. The highest BCUT2D eigenvalue weighted by atomic mass is 32.2. The zero-order valence-electron chi connectivity index (χ0n) is 17.4. The highest BCUT2D eigenvalue weighted by Crippen LogP contribution is 2.29. The van der Waals surface area contributed by atoms with Crippen molar-refractivity contribution in [3.8, 4) is 5.75 Å². The molecule has 30 heavy (non-hydrogen) atoms. The van der Waals surface area contributed by atoms with Crippen molar-refractivity contribution >= 4 is 10.1 Å². The van der Waals surface area contributed by atoms with Crippen LogP contribution in [0.15, 0.2) is 53.8 Å². The van der Waals surface area contributed by atoms with E-state index < -0.39 is 15.9 Å². The lowest BCUT2D eigenvalue weighted by molar-refractivity contribution is 0.378. The van der Waals surface area contributed by atoms with E-state index >= 15 is 0 Å². The number of benzene rings is 1. The summed E-state index contributed by atoms with van der Waals surface area (Å²) in [5.41, 5.74) is 1.29. The Bertz CT molecular complexity index is 1110. The minimum atomic E-state index is -4.27. The van der Waals surface area contributed by atoms with Crippen molar-refractivity contribution in [3.05, 3.63) is 71.7 Å². The first-order valence-corrected chi connectivity index (χ1v) is 10.9. The van der Waals surface area contributed by atoms with Gasteiger partial charge in [0.05, 0.1) is 18.8 Å². The third kappa shape index (κ3) is 5.03. The van der Waals surface area contributed by atoms with E-state index in [1.54, 1.807) is 17.0 Å². The van der Waals surface area contributed by atoms with Crippen LogP contribution in [0, 0.1) is 5.82 Å². The first-order valence-electron chi connectivity index (χ1n) is 9.50. The second-order valence-corrected chi connectivity index (χ2v) is 9.01. The predicted octanol–water partition coefficient (Wildman–Crippen LogP) is 3.42. The normalized spacial score (nSPS) is 12.0. The molecule has 7 nitrogen and oxygen atoms in total. The predicted molar refractivity (Wildman–Crippen MR) is 111 cm³/mol. The van der Waals surface area contributed by atoms with Gasteiger partial charge in [0, 0.05) is 18.5 Å². The van der Waals surface area contributed by atoms with Gasteiger partial charge in [-0.2, -0.15) is 8.42 Å². The molecule has 0 atom stereocenters. The Morgan fingerprint density at radius 2 is 1.87 bits per heavy atom. The Labute approximate surface area is 176 Å². The molecular formula is C21H25FN4O3S. The summed E-state index contributed by atoms with van der Waals surface area (Å²) in [6, 6.07) is 8.70. The molecule has 0 aliphatic rings. The lowest BCUT2D eigenvalue weighted by atomic mass is 10.1. The maximum absolute atomic E-state index is 13.6. The topological polar surface area (TPSA) is 77.3 Å². The molecule has 3 rings (SSSR count). The van der Waals surface area contributed by atoms with Crippen molar-refractivity contribution in [2.24, 2.45) is 0 Å². The van der Waals surface area contributed by atoms with Crippen LogP contribution in [0.2, 0.25) is 0 Å². The van der Waals surface area contributed by atoms with Gasteiger partial charge in [-0.05, 0) is 49.8 Å². The van der Waals surface area contributed by atoms with Crippen LogP contribution in [-0.4, -0.2) is 41.9 Å². The summed E-state index contributed by atoms with van der Waals surface area (Å²) in [6.45, 7) is 4.48.